The quantitative estimate of drug-likeness (QED) is 0.722. The molecule has 5 heteroatoms. The average Bonchev–Trinajstić information content (AvgIpc) is 2.94. The fourth-order valence-electron chi connectivity index (χ4n) is 3.33. The third-order valence-corrected chi connectivity index (χ3v) is 5.31. The first kappa shape index (κ1) is 15.4. The van der Waals surface area contributed by atoms with Gasteiger partial charge in [0.15, 0.2) is 0 Å². The molecular formula is C19H18BrN3O. The van der Waals surface area contributed by atoms with Crippen molar-refractivity contribution in [3.63, 3.8) is 0 Å². The molecule has 0 saturated heterocycles. The van der Waals surface area contributed by atoms with E-state index in [1.165, 1.54) is 11.3 Å². The second-order valence-corrected chi connectivity index (χ2v) is 7.20. The number of aromatic nitrogens is 2. The number of pyridine rings is 1. The Bertz CT molecular complexity index is 932. The van der Waals surface area contributed by atoms with Crippen LogP contribution in [-0.2, 0) is 17.6 Å². The van der Waals surface area contributed by atoms with Crippen LogP contribution in [-0.4, -0.2) is 15.3 Å². The number of anilines is 1. The highest BCUT2D eigenvalue weighted by molar-refractivity contribution is 9.10. The number of nitrogens with zero attached hydrogens (tertiary/aromatic N) is 2. The van der Waals surface area contributed by atoms with Crippen molar-refractivity contribution in [3.8, 4) is 0 Å². The largest absolute Gasteiger partial charge is 0.325 e. The molecule has 2 aromatic heterocycles. The Kier molecular flexibility index (Phi) is 3.88. The fourth-order valence-corrected chi connectivity index (χ4v) is 3.72. The van der Waals surface area contributed by atoms with E-state index in [1.807, 2.05) is 30.3 Å². The van der Waals surface area contributed by atoms with Crippen molar-refractivity contribution < 1.29 is 4.79 Å². The molecule has 0 aliphatic heterocycles. The summed E-state index contributed by atoms with van der Waals surface area (Å²) in [5.74, 6) is 0.0557. The van der Waals surface area contributed by atoms with Gasteiger partial charge < -0.3 is 9.72 Å². The minimum atomic E-state index is -0.0231. The van der Waals surface area contributed by atoms with Gasteiger partial charge in [0.25, 0.3) is 0 Å². The second-order valence-electron chi connectivity index (χ2n) is 6.35. The molecule has 0 spiro atoms. The number of imidazole rings is 1. The third kappa shape index (κ3) is 2.73. The maximum Gasteiger partial charge on any atom is 0.227 e. The monoisotopic (exact) mass is 383 g/mol. The van der Waals surface area contributed by atoms with Crippen LogP contribution in [0.15, 0.2) is 47.1 Å². The smallest absolute Gasteiger partial charge is 0.227 e. The Hall–Kier alpha value is -2.14. The second kappa shape index (κ2) is 6.06. The standard InChI is InChI=1S/C19H18BrN3O/c1-12-6-9-18-21-16-8-7-13(10-17(16)23(18)11-12)19(24)22-15-5-3-2-4-14(15)20/h2-6,9,11,13H,7-8,10H2,1H3,(H,22,24). The van der Waals surface area contributed by atoms with Crippen LogP contribution in [0.3, 0.4) is 0 Å². The summed E-state index contributed by atoms with van der Waals surface area (Å²) in [6.45, 7) is 2.08. The van der Waals surface area contributed by atoms with Crippen LogP contribution in [0, 0.1) is 12.8 Å². The van der Waals surface area contributed by atoms with Gasteiger partial charge in [-0.2, -0.15) is 0 Å². The van der Waals surface area contributed by atoms with Crippen LogP contribution in [0.1, 0.15) is 23.4 Å². The minimum Gasteiger partial charge on any atom is -0.325 e. The molecule has 1 N–H and O–H groups in total. The van der Waals surface area contributed by atoms with Crippen molar-refractivity contribution in [2.75, 3.05) is 5.32 Å². The van der Waals surface area contributed by atoms with E-state index in [4.69, 9.17) is 4.98 Å². The molecule has 4 rings (SSSR count). The molecule has 1 atom stereocenters. The van der Waals surface area contributed by atoms with Gasteiger partial charge in [-0.05, 0) is 59.5 Å². The van der Waals surface area contributed by atoms with Crippen molar-refractivity contribution in [2.45, 2.75) is 26.2 Å². The van der Waals surface area contributed by atoms with Crippen molar-refractivity contribution >= 4 is 33.2 Å². The molecule has 1 unspecified atom stereocenters. The van der Waals surface area contributed by atoms with Gasteiger partial charge in [0, 0.05) is 28.7 Å². The van der Waals surface area contributed by atoms with Gasteiger partial charge in [0.05, 0.1) is 11.4 Å². The predicted molar refractivity (Wildman–Crippen MR) is 98.2 cm³/mol. The molecule has 0 fully saturated rings. The summed E-state index contributed by atoms with van der Waals surface area (Å²) >= 11 is 3.48. The number of hydrogen-bond acceptors (Lipinski definition) is 2. The highest BCUT2D eigenvalue weighted by Crippen LogP contribution is 2.29. The Morgan fingerprint density at radius 2 is 2.12 bits per heavy atom. The number of nitrogens with one attached hydrogen (secondary N) is 1. The Balaban J connectivity index is 1.59. The summed E-state index contributed by atoms with van der Waals surface area (Å²) in [5.41, 5.74) is 5.29. The van der Waals surface area contributed by atoms with E-state index in [-0.39, 0.29) is 11.8 Å². The highest BCUT2D eigenvalue weighted by Gasteiger charge is 2.28. The molecule has 24 heavy (non-hydrogen) atoms. The van der Waals surface area contributed by atoms with E-state index in [2.05, 4.69) is 44.8 Å². The lowest BCUT2D eigenvalue weighted by Gasteiger charge is -2.21. The Morgan fingerprint density at radius 1 is 1.29 bits per heavy atom. The van der Waals surface area contributed by atoms with Gasteiger partial charge in [-0.15, -0.1) is 0 Å². The number of amides is 1. The fraction of sp³-hybridized carbons (Fsp3) is 0.263. The van der Waals surface area contributed by atoms with Crippen molar-refractivity contribution in [1.82, 2.24) is 9.38 Å². The number of fused-ring (bicyclic) bond motifs is 3. The lowest BCUT2D eigenvalue weighted by atomic mass is 9.89. The van der Waals surface area contributed by atoms with Gasteiger partial charge in [-0.1, -0.05) is 18.2 Å². The van der Waals surface area contributed by atoms with E-state index >= 15 is 0 Å². The van der Waals surface area contributed by atoms with Gasteiger partial charge in [-0.3, -0.25) is 4.79 Å². The molecule has 0 radical (unpaired) electrons. The molecule has 4 nitrogen and oxygen atoms in total. The number of carbonyl (C=O) groups is 1. The van der Waals surface area contributed by atoms with E-state index in [0.717, 1.165) is 40.8 Å². The molecule has 1 amide bonds. The SMILES string of the molecule is Cc1ccc2nc3c(n2c1)CC(C(=O)Nc1ccccc1Br)CC3. The lowest BCUT2D eigenvalue weighted by molar-refractivity contribution is -0.120. The zero-order valence-electron chi connectivity index (χ0n) is 13.4. The van der Waals surface area contributed by atoms with Crippen LogP contribution < -0.4 is 5.32 Å². The topological polar surface area (TPSA) is 46.4 Å². The third-order valence-electron chi connectivity index (χ3n) is 4.62. The molecule has 1 aliphatic carbocycles. The maximum atomic E-state index is 12.7. The summed E-state index contributed by atoms with van der Waals surface area (Å²) < 4.78 is 3.04. The maximum absolute atomic E-state index is 12.7. The van der Waals surface area contributed by atoms with Gasteiger partial charge >= 0.3 is 0 Å². The summed E-state index contributed by atoms with van der Waals surface area (Å²) in [6.07, 6.45) is 4.53. The van der Waals surface area contributed by atoms with Crippen LogP contribution >= 0.6 is 15.9 Å². The van der Waals surface area contributed by atoms with E-state index in [1.54, 1.807) is 0 Å². The molecule has 122 valence electrons. The highest BCUT2D eigenvalue weighted by atomic mass is 79.9. The van der Waals surface area contributed by atoms with Gasteiger partial charge in [-0.25, -0.2) is 4.98 Å². The van der Waals surface area contributed by atoms with Crippen LogP contribution in [0.25, 0.3) is 5.65 Å². The first-order valence-electron chi connectivity index (χ1n) is 8.13. The Labute approximate surface area is 149 Å². The first-order valence-corrected chi connectivity index (χ1v) is 8.93. The number of benzene rings is 1. The minimum absolute atomic E-state index is 0.0231. The van der Waals surface area contributed by atoms with Crippen LogP contribution in [0.2, 0.25) is 0 Å². The lowest BCUT2D eigenvalue weighted by Crippen LogP contribution is -2.28. The van der Waals surface area contributed by atoms with E-state index < -0.39 is 0 Å². The predicted octanol–water partition coefficient (Wildman–Crippen LogP) is 4.15. The zero-order valence-corrected chi connectivity index (χ0v) is 15.0. The van der Waals surface area contributed by atoms with Crippen LogP contribution in [0.4, 0.5) is 5.69 Å². The molecule has 0 bridgehead atoms. The molecule has 2 heterocycles. The van der Waals surface area contributed by atoms with Crippen LogP contribution in [0.5, 0.6) is 0 Å². The molecule has 1 aromatic carbocycles. The molecule has 0 saturated carbocycles. The number of aryl methyl sites for hydroxylation is 2. The number of halogens is 1. The zero-order chi connectivity index (χ0) is 16.7. The number of para-hydroxylation sites is 1. The number of hydrogen-bond donors (Lipinski definition) is 1. The summed E-state index contributed by atoms with van der Waals surface area (Å²) in [6, 6.07) is 11.8. The van der Waals surface area contributed by atoms with Crippen molar-refractivity contribution in [3.05, 3.63) is 64.0 Å². The number of rotatable bonds is 2. The van der Waals surface area contributed by atoms with Gasteiger partial charge in [0.1, 0.15) is 5.65 Å². The molecule has 3 aromatic rings. The van der Waals surface area contributed by atoms with E-state index in [9.17, 15) is 4.79 Å². The molecular weight excluding hydrogens is 366 g/mol. The summed E-state index contributed by atoms with van der Waals surface area (Å²) in [4.78, 5) is 17.4. The number of carbonyl (C=O) groups excluding carboxylic acids is 1. The van der Waals surface area contributed by atoms with Gasteiger partial charge in [0.2, 0.25) is 5.91 Å². The summed E-state index contributed by atoms with van der Waals surface area (Å²) in [7, 11) is 0. The Morgan fingerprint density at radius 3 is 2.96 bits per heavy atom. The first-order chi connectivity index (χ1) is 11.6. The summed E-state index contributed by atoms with van der Waals surface area (Å²) in [5, 5.41) is 3.05. The van der Waals surface area contributed by atoms with E-state index in [0.29, 0.717) is 0 Å². The molecule has 1 aliphatic rings. The van der Waals surface area contributed by atoms with Crippen molar-refractivity contribution in [1.29, 1.82) is 0 Å². The average molecular weight is 384 g/mol. The van der Waals surface area contributed by atoms with Crippen molar-refractivity contribution in [2.24, 2.45) is 5.92 Å². The normalized spacial score (nSPS) is 16.8.